The Kier molecular flexibility index (Phi) is 4.65. The van der Waals surface area contributed by atoms with E-state index in [1.807, 2.05) is 0 Å². The highest BCUT2D eigenvalue weighted by atomic mass is 19.4. The first-order chi connectivity index (χ1) is 13.7. The first-order valence-corrected chi connectivity index (χ1v) is 8.48. The molecule has 5 N–H and O–H groups in total. The van der Waals surface area contributed by atoms with Crippen molar-refractivity contribution < 1.29 is 33.2 Å². The number of hydrogen-bond acceptors (Lipinski definition) is 8. The molecule has 0 radical (unpaired) electrons. The Morgan fingerprint density at radius 1 is 1.07 bits per heavy atom. The average molecular weight is 411 g/mol. The zero-order valence-corrected chi connectivity index (χ0v) is 14.6. The van der Waals surface area contributed by atoms with E-state index in [2.05, 4.69) is 15.0 Å². The molecule has 12 heteroatoms. The fourth-order valence-corrected chi connectivity index (χ4v) is 3.29. The molecule has 1 aliphatic rings. The Bertz CT molecular complexity index is 1030. The molecule has 3 heterocycles. The third kappa shape index (κ3) is 3.29. The number of aliphatic hydroxyl groups is 3. The predicted molar refractivity (Wildman–Crippen MR) is 92.1 cm³/mol. The van der Waals surface area contributed by atoms with E-state index in [0.717, 1.165) is 24.3 Å². The smallest absolute Gasteiger partial charge is 0.387 e. The summed E-state index contributed by atoms with van der Waals surface area (Å²) in [7, 11) is 0. The van der Waals surface area contributed by atoms with Crippen LogP contribution in [0.1, 0.15) is 23.5 Å². The van der Waals surface area contributed by atoms with Crippen LogP contribution in [0.4, 0.5) is 19.0 Å². The molecule has 0 saturated carbocycles. The van der Waals surface area contributed by atoms with Gasteiger partial charge in [0.05, 0.1) is 11.9 Å². The number of alkyl halides is 3. The summed E-state index contributed by atoms with van der Waals surface area (Å²) in [5.41, 5.74) is 5.46. The summed E-state index contributed by atoms with van der Waals surface area (Å²) in [6.07, 6.45) is -8.94. The molecule has 1 aromatic carbocycles. The summed E-state index contributed by atoms with van der Waals surface area (Å²) in [4.78, 5) is 11.9. The number of aromatic nitrogens is 4. The number of imidazole rings is 1. The van der Waals surface area contributed by atoms with Gasteiger partial charge in [-0.2, -0.15) is 13.2 Å². The fraction of sp³-hybridized carbons (Fsp3) is 0.353. The number of nitrogen functional groups attached to an aromatic ring is 1. The summed E-state index contributed by atoms with van der Waals surface area (Å²) in [5.74, 6) is 0.114. The SMILES string of the molecule is Nc1ncnc2c1ncn2[C@@H]1O[C@H]([C@H](O)c2ccc(C(F)(F)F)cc2)[C@@H](O)[C@H]1O. The minimum Gasteiger partial charge on any atom is -0.387 e. The normalized spacial score (nSPS) is 26.1. The maximum atomic E-state index is 12.7. The molecule has 1 aliphatic heterocycles. The zero-order valence-electron chi connectivity index (χ0n) is 14.6. The van der Waals surface area contributed by atoms with E-state index < -0.39 is 42.4 Å². The Morgan fingerprint density at radius 2 is 1.76 bits per heavy atom. The first-order valence-electron chi connectivity index (χ1n) is 8.48. The second-order valence-corrected chi connectivity index (χ2v) is 6.62. The van der Waals surface area contributed by atoms with Gasteiger partial charge in [0.1, 0.15) is 36.3 Å². The minimum absolute atomic E-state index is 0.0944. The van der Waals surface area contributed by atoms with Crippen LogP contribution in [-0.4, -0.2) is 53.2 Å². The van der Waals surface area contributed by atoms with E-state index in [1.54, 1.807) is 0 Å². The quantitative estimate of drug-likeness (QED) is 0.496. The van der Waals surface area contributed by atoms with Crippen molar-refractivity contribution in [1.82, 2.24) is 19.5 Å². The molecular formula is C17H16F3N5O4. The fourth-order valence-electron chi connectivity index (χ4n) is 3.29. The standard InChI is InChI=1S/C17H16F3N5O4/c18-17(19,20)8-3-1-7(2-4-8)10(26)13-11(27)12(28)16(29-13)25-6-24-9-14(21)22-5-23-15(9)25/h1-6,10-13,16,26-28H,(H2,21,22,23)/t10-,11+,12-,13-,16-/m1/s1. The number of benzene rings is 1. The van der Waals surface area contributed by atoms with Crippen molar-refractivity contribution in [2.75, 3.05) is 5.73 Å². The molecule has 0 aliphatic carbocycles. The van der Waals surface area contributed by atoms with Crippen molar-refractivity contribution in [3.05, 3.63) is 48.0 Å². The monoisotopic (exact) mass is 411 g/mol. The highest BCUT2D eigenvalue weighted by molar-refractivity contribution is 5.81. The maximum absolute atomic E-state index is 12.7. The van der Waals surface area contributed by atoms with Crippen molar-refractivity contribution in [1.29, 1.82) is 0 Å². The topological polar surface area (TPSA) is 140 Å². The van der Waals surface area contributed by atoms with E-state index in [9.17, 15) is 28.5 Å². The van der Waals surface area contributed by atoms with Crippen LogP contribution in [0.2, 0.25) is 0 Å². The van der Waals surface area contributed by atoms with E-state index in [0.29, 0.717) is 0 Å². The van der Waals surface area contributed by atoms with Gasteiger partial charge in [0, 0.05) is 0 Å². The van der Waals surface area contributed by atoms with Crippen molar-refractivity contribution in [3.8, 4) is 0 Å². The zero-order chi connectivity index (χ0) is 20.9. The van der Waals surface area contributed by atoms with Crippen LogP contribution in [0, 0.1) is 0 Å². The summed E-state index contributed by atoms with van der Waals surface area (Å²) >= 11 is 0. The van der Waals surface area contributed by atoms with Gasteiger partial charge in [0.15, 0.2) is 17.7 Å². The van der Waals surface area contributed by atoms with Gasteiger partial charge in [-0.3, -0.25) is 4.57 Å². The molecule has 1 saturated heterocycles. The van der Waals surface area contributed by atoms with E-state index in [-0.39, 0.29) is 22.5 Å². The Hall–Kier alpha value is -2.80. The molecule has 0 amide bonds. The number of nitrogens with two attached hydrogens (primary N) is 1. The molecule has 154 valence electrons. The summed E-state index contributed by atoms with van der Waals surface area (Å²) in [5, 5.41) is 31.3. The lowest BCUT2D eigenvalue weighted by Crippen LogP contribution is -2.34. The Balaban J connectivity index is 1.60. The summed E-state index contributed by atoms with van der Waals surface area (Å²) < 4.78 is 45.1. The highest BCUT2D eigenvalue weighted by Crippen LogP contribution is 2.38. The lowest BCUT2D eigenvalue weighted by molar-refractivity contribution is -0.137. The van der Waals surface area contributed by atoms with Crippen LogP contribution < -0.4 is 5.73 Å². The molecule has 0 bridgehead atoms. The molecule has 9 nitrogen and oxygen atoms in total. The van der Waals surface area contributed by atoms with Crippen molar-refractivity contribution in [2.24, 2.45) is 0 Å². The Labute approximate surface area is 161 Å². The molecule has 4 rings (SSSR count). The number of rotatable bonds is 3. The predicted octanol–water partition coefficient (Wildman–Crippen LogP) is 0.780. The summed E-state index contributed by atoms with van der Waals surface area (Å²) in [6.45, 7) is 0. The largest absolute Gasteiger partial charge is 0.416 e. The van der Waals surface area contributed by atoms with Gasteiger partial charge in [-0.1, -0.05) is 12.1 Å². The second kappa shape index (κ2) is 6.91. The second-order valence-electron chi connectivity index (χ2n) is 6.62. The van der Waals surface area contributed by atoms with E-state index in [1.165, 1.54) is 17.2 Å². The number of halogens is 3. The van der Waals surface area contributed by atoms with Crippen LogP contribution >= 0.6 is 0 Å². The average Bonchev–Trinajstić information content (AvgIpc) is 3.23. The number of nitrogens with zero attached hydrogens (tertiary/aromatic N) is 4. The van der Waals surface area contributed by atoms with Crippen LogP contribution in [0.5, 0.6) is 0 Å². The number of hydrogen-bond donors (Lipinski definition) is 4. The van der Waals surface area contributed by atoms with Gasteiger partial charge in [-0.25, -0.2) is 15.0 Å². The van der Waals surface area contributed by atoms with Gasteiger partial charge >= 0.3 is 6.18 Å². The summed E-state index contributed by atoms with van der Waals surface area (Å²) in [6, 6.07) is 3.81. The van der Waals surface area contributed by atoms with E-state index >= 15 is 0 Å². The van der Waals surface area contributed by atoms with Crippen LogP contribution in [0.15, 0.2) is 36.9 Å². The Morgan fingerprint density at radius 3 is 2.41 bits per heavy atom. The lowest BCUT2D eigenvalue weighted by Gasteiger charge is -2.21. The van der Waals surface area contributed by atoms with Crippen LogP contribution in [0.25, 0.3) is 11.2 Å². The third-order valence-corrected chi connectivity index (χ3v) is 4.83. The molecule has 0 unspecified atom stereocenters. The van der Waals surface area contributed by atoms with Crippen molar-refractivity contribution in [2.45, 2.75) is 36.8 Å². The van der Waals surface area contributed by atoms with Crippen LogP contribution in [-0.2, 0) is 10.9 Å². The number of aliphatic hydroxyl groups excluding tert-OH is 3. The number of fused-ring (bicyclic) bond motifs is 1. The van der Waals surface area contributed by atoms with Crippen LogP contribution in [0.3, 0.4) is 0 Å². The highest BCUT2D eigenvalue weighted by Gasteiger charge is 2.47. The number of ether oxygens (including phenoxy) is 1. The molecule has 3 aromatic rings. The molecular weight excluding hydrogens is 395 g/mol. The maximum Gasteiger partial charge on any atom is 0.416 e. The van der Waals surface area contributed by atoms with E-state index in [4.69, 9.17) is 10.5 Å². The van der Waals surface area contributed by atoms with Crippen molar-refractivity contribution in [3.63, 3.8) is 0 Å². The lowest BCUT2D eigenvalue weighted by atomic mass is 9.98. The van der Waals surface area contributed by atoms with Gasteiger partial charge in [-0.05, 0) is 17.7 Å². The molecule has 1 fully saturated rings. The minimum atomic E-state index is -4.51. The van der Waals surface area contributed by atoms with Crippen molar-refractivity contribution >= 4 is 17.0 Å². The molecule has 0 spiro atoms. The van der Waals surface area contributed by atoms with Gasteiger partial charge in [0.25, 0.3) is 0 Å². The number of anilines is 1. The molecule has 5 atom stereocenters. The third-order valence-electron chi connectivity index (χ3n) is 4.83. The molecule has 29 heavy (non-hydrogen) atoms. The van der Waals surface area contributed by atoms with Gasteiger partial charge < -0.3 is 25.8 Å². The van der Waals surface area contributed by atoms with Gasteiger partial charge in [-0.15, -0.1) is 0 Å². The first kappa shape index (κ1) is 19.5. The van der Waals surface area contributed by atoms with Gasteiger partial charge in [0.2, 0.25) is 0 Å². The molecule has 2 aromatic heterocycles.